The number of carboxylic acids is 1. The highest BCUT2D eigenvalue weighted by molar-refractivity contribution is 5.92. The van der Waals surface area contributed by atoms with Gasteiger partial charge in [0.25, 0.3) is 0 Å². The number of nitrogens with one attached hydrogen (secondary N) is 4. The molecule has 0 aliphatic heterocycles. The lowest BCUT2D eigenvalue weighted by Crippen LogP contribution is -2.52. The Kier molecular flexibility index (Phi) is 9.66. The highest BCUT2D eigenvalue weighted by Gasteiger charge is 2.29. The van der Waals surface area contributed by atoms with Gasteiger partial charge >= 0.3 is 12.1 Å². The van der Waals surface area contributed by atoms with Gasteiger partial charge in [0.2, 0.25) is 17.7 Å². The summed E-state index contributed by atoms with van der Waals surface area (Å²) >= 11 is 0. The van der Waals surface area contributed by atoms with Gasteiger partial charge in [-0.3, -0.25) is 19.2 Å². The predicted octanol–water partition coefficient (Wildman–Crippen LogP) is 1.57. The van der Waals surface area contributed by atoms with Crippen LogP contribution < -0.4 is 21.3 Å². The SMILES string of the molecule is O=C(O)CNC(=O)CNC(=O)[C@H](Cc1ccccc1)NC(=O)CNC(=O)OCC1c2ccccc2-c2ccccc21. The molecule has 0 spiro atoms. The molecule has 0 unspecified atom stereocenters. The van der Waals surface area contributed by atoms with E-state index < -0.39 is 55.5 Å². The normalized spacial score (nSPS) is 12.3. The molecular weight excluding hydrogens is 528 g/mol. The summed E-state index contributed by atoms with van der Waals surface area (Å²) in [7, 11) is 0. The fourth-order valence-corrected chi connectivity index (χ4v) is 4.63. The van der Waals surface area contributed by atoms with Crippen LogP contribution in [-0.4, -0.2) is 67.2 Å². The molecule has 0 radical (unpaired) electrons. The van der Waals surface area contributed by atoms with Crippen molar-refractivity contribution in [2.24, 2.45) is 0 Å². The number of rotatable bonds is 12. The van der Waals surface area contributed by atoms with E-state index in [0.29, 0.717) is 0 Å². The highest BCUT2D eigenvalue weighted by Crippen LogP contribution is 2.44. The quantitative estimate of drug-likeness (QED) is 0.225. The van der Waals surface area contributed by atoms with Crippen LogP contribution in [0.5, 0.6) is 0 Å². The molecule has 212 valence electrons. The molecule has 0 saturated heterocycles. The lowest BCUT2D eigenvalue weighted by Gasteiger charge is -2.19. The van der Waals surface area contributed by atoms with Crippen LogP contribution in [0.15, 0.2) is 78.9 Å². The van der Waals surface area contributed by atoms with Crippen LogP contribution in [0.1, 0.15) is 22.6 Å². The van der Waals surface area contributed by atoms with Gasteiger partial charge in [-0.15, -0.1) is 0 Å². The molecule has 0 bridgehead atoms. The van der Waals surface area contributed by atoms with Crippen molar-refractivity contribution in [3.63, 3.8) is 0 Å². The topological polar surface area (TPSA) is 163 Å². The molecule has 1 atom stereocenters. The first-order valence-electron chi connectivity index (χ1n) is 13.0. The Balaban J connectivity index is 1.29. The van der Waals surface area contributed by atoms with Gasteiger partial charge in [-0.25, -0.2) is 4.79 Å². The zero-order valence-electron chi connectivity index (χ0n) is 22.1. The van der Waals surface area contributed by atoms with Crippen molar-refractivity contribution in [1.82, 2.24) is 21.3 Å². The first-order chi connectivity index (χ1) is 19.8. The number of hydrogen-bond donors (Lipinski definition) is 5. The number of carboxylic acid groups (broad SMARTS) is 1. The molecular formula is C30H30N4O7. The number of benzene rings is 3. The van der Waals surface area contributed by atoms with Crippen molar-refractivity contribution < 1.29 is 33.8 Å². The fourth-order valence-electron chi connectivity index (χ4n) is 4.63. The second kappa shape index (κ2) is 13.7. The van der Waals surface area contributed by atoms with E-state index in [-0.39, 0.29) is 18.9 Å². The first kappa shape index (κ1) is 28.8. The molecule has 11 nitrogen and oxygen atoms in total. The third kappa shape index (κ3) is 7.91. The lowest BCUT2D eigenvalue weighted by atomic mass is 9.98. The summed E-state index contributed by atoms with van der Waals surface area (Å²) in [6.07, 6.45) is -0.652. The second-order valence-corrected chi connectivity index (χ2v) is 9.38. The van der Waals surface area contributed by atoms with Gasteiger partial charge in [-0.05, 0) is 27.8 Å². The maximum Gasteiger partial charge on any atom is 0.407 e. The van der Waals surface area contributed by atoms with Crippen LogP contribution in [0.3, 0.4) is 0 Å². The third-order valence-corrected chi connectivity index (χ3v) is 6.53. The molecule has 5 N–H and O–H groups in total. The van der Waals surface area contributed by atoms with Crippen LogP contribution in [-0.2, 0) is 30.3 Å². The molecule has 3 aromatic carbocycles. The molecule has 0 heterocycles. The fraction of sp³-hybridized carbons (Fsp3) is 0.233. The molecule has 1 aliphatic rings. The van der Waals surface area contributed by atoms with Crippen molar-refractivity contribution in [2.45, 2.75) is 18.4 Å². The summed E-state index contributed by atoms with van der Waals surface area (Å²) in [4.78, 5) is 60.3. The number of hydrogen-bond acceptors (Lipinski definition) is 6. The molecule has 11 heteroatoms. The largest absolute Gasteiger partial charge is 0.480 e. The molecule has 41 heavy (non-hydrogen) atoms. The number of fused-ring (bicyclic) bond motifs is 3. The highest BCUT2D eigenvalue weighted by atomic mass is 16.5. The zero-order chi connectivity index (χ0) is 29.2. The number of alkyl carbamates (subject to hydrolysis) is 1. The Hall–Kier alpha value is -5.19. The van der Waals surface area contributed by atoms with Gasteiger partial charge < -0.3 is 31.1 Å². The molecule has 0 aromatic heterocycles. The Bertz CT molecular complexity index is 1380. The Morgan fingerprint density at radius 3 is 1.93 bits per heavy atom. The molecule has 0 fully saturated rings. The van der Waals surface area contributed by atoms with E-state index >= 15 is 0 Å². The standard InChI is InChI=1S/C30H30N4O7/c35-26(31-17-28(37)38)15-32-29(39)25(14-19-8-2-1-3-9-19)34-27(36)16-33-30(40)41-18-24-22-12-6-4-10-20(22)21-11-5-7-13-23(21)24/h1-13,24-25H,14-18H2,(H,31,35)(H,32,39)(H,33,40)(H,34,36)(H,37,38)/t25-/m0/s1. The minimum Gasteiger partial charge on any atom is -0.480 e. The van der Waals surface area contributed by atoms with Crippen LogP contribution in [0.25, 0.3) is 11.1 Å². The average Bonchev–Trinajstić information content (AvgIpc) is 3.30. The van der Waals surface area contributed by atoms with E-state index in [9.17, 15) is 24.0 Å². The minimum absolute atomic E-state index is 0.0878. The van der Waals surface area contributed by atoms with Gasteiger partial charge in [-0.1, -0.05) is 78.9 Å². The maximum absolute atomic E-state index is 12.8. The maximum atomic E-state index is 12.8. The van der Waals surface area contributed by atoms with Crippen molar-refractivity contribution in [2.75, 3.05) is 26.2 Å². The molecule has 4 rings (SSSR count). The molecule has 0 saturated carbocycles. The van der Waals surface area contributed by atoms with Crippen LogP contribution in [0, 0.1) is 0 Å². The van der Waals surface area contributed by atoms with Gasteiger partial charge in [0, 0.05) is 12.3 Å². The molecule has 3 aromatic rings. The van der Waals surface area contributed by atoms with Gasteiger partial charge in [0.15, 0.2) is 0 Å². The van der Waals surface area contributed by atoms with E-state index in [0.717, 1.165) is 27.8 Å². The number of carbonyl (C=O) groups excluding carboxylic acids is 4. The number of aliphatic carboxylic acids is 1. The summed E-state index contributed by atoms with van der Waals surface area (Å²) in [6.45, 7) is -1.40. The van der Waals surface area contributed by atoms with Gasteiger partial charge in [-0.2, -0.15) is 0 Å². The summed E-state index contributed by atoms with van der Waals surface area (Å²) in [6, 6.07) is 23.7. The Morgan fingerprint density at radius 1 is 0.707 bits per heavy atom. The summed E-state index contributed by atoms with van der Waals surface area (Å²) in [5.74, 6) is -3.32. The zero-order valence-corrected chi connectivity index (χ0v) is 22.1. The summed E-state index contributed by atoms with van der Waals surface area (Å²) in [5.41, 5.74) is 5.07. The Morgan fingerprint density at radius 2 is 1.29 bits per heavy atom. The predicted molar refractivity (Wildman–Crippen MR) is 149 cm³/mol. The van der Waals surface area contributed by atoms with Gasteiger partial charge in [0.05, 0.1) is 6.54 Å². The van der Waals surface area contributed by atoms with Crippen molar-refractivity contribution in [3.8, 4) is 11.1 Å². The average molecular weight is 559 g/mol. The van der Waals surface area contributed by atoms with E-state index in [1.807, 2.05) is 54.6 Å². The van der Waals surface area contributed by atoms with Crippen LogP contribution in [0.2, 0.25) is 0 Å². The van der Waals surface area contributed by atoms with E-state index in [4.69, 9.17) is 9.84 Å². The Labute approximate surface area is 236 Å². The minimum atomic E-state index is -1.22. The van der Waals surface area contributed by atoms with E-state index in [1.165, 1.54) is 0 Å². The van der Waals surface area contributed by atoms with Gasteiger partial charge in [0.1, 0.15) is 25.7 Å². The number of ether oxygens (including phenoxy) is 1. The lowest BCUT2D eigenvalue weighted by molar-refractivity contribution is -0.138. The van der Waals surface area contributed by atoms with Crippen LogP contribution >= 0.6 is 0 Å². The summed E-state index contributed by atoms with van der Waals surface area (Å²) < 4.78 is 5.45. The van der Waals surface area contributed by atoms with Crippen molar-refractivity contribution in [1.29, 1.82) is 0 Å². The molecule has 4 amide bonds. The monoisotopic (exact) mass is 558 g/mol. The second-order valence-electron chi connectivity index (χ2n) is 9.38. The number of carbonyl (C=O) groups is 5. The van der Waals surface area contributed by atoms with E-state index in [2.05, 4.69) is 21.3 Å². The van der Waals surface area contributed by atoms with Crippen molar-refractivity contribution in [3.05, 3.63) is 95.6 Å². The first-order valence-corrected chi connectivity index (χ1v) is 13.0. The smallest absolute Gasteiger partial charge is 0.407 e. The summed E-state index contributed by atoms with van der Waals surface area (Å²) in [5, 5.41) is 18.2. The van der Waals surface area contributed by atoms with Crippen molar-refractivity contribution >= 4 is 29.8 Å². The number of amides is 4. The van der Waals surface area contributed by atoms with Crippen LogP contribution in [0.4, 0.5) is 4.79 Å². The van der Waals surface area contributed by atoms with E-state index in [1.54, 1.807) is 24.3 Å². The molecule has 1 aliphatic carbocycles. The third-order valence-electron chi connectivity index (χ3n) is 6.53.